The minimum Gasteiger partial charge on any atom is -0.326 e. The molecule has 0 bridgehead atoms. The molecule has 0 heterocycles. The molecule has 2 rings (SSSR count). The lowest BCUT2D eigenvalue weighted by Crippen LogP contribution is -2.22. The molecule has 2 amide bonds. The van der Waals surface area contributed by atoms with Gasteiger partial charge < -0.3 is 5.32 Å². The van der Waals surface area contributed by atoms with Gasteiger partial charge in [-0.25, -0.2) is 5.43 Å². The average Bonchev–Trinajstić information content (AvgIpc) is 2.66. The van der Waals surface area contributed by atoms with Crippen molar-refractivity contribution in [3.63, 3.8) is 0 Å². The second-order valence-corrected chi connectivity index (χ2v) is 5.59. The molecule has 2 aromatic carbocycles. The molecule has 0 unspecified atom stereocenters. The van der Waals surface area contributed by atoms with E-state index >= 15 is 0 Å². The minimum absolute atomic E-state index is 0.103. The van der Waals surface area contributed by atoms with E-state index in [0.29, 0.717) is 5.69 Å². The molecular weight excluding hydrogens is 370 g/mol. The molecule has 0 aliphatic heterocycles. The first-order valence-electron chi connectivity index (χ1n) is 7.89. The number of hydrogen-bond acceptors (Lipinski definition) is 7. The van der Waals surface area contributed by atoms with Crippen LogP contribution in [0.5, 0.6) is 0 Å². The van der Waals surface area contributed by atoms with Crippen molar-refractivity contribution in [3.05, 3.63) is 74.3 Å². The average molecular weight is 385 g/mol. The number of non-ortho nitro benzene ring substituents is 1. The number of nitrogens with zero attached hydrogens (tertiary/aromatic N) is 3. The lowest BCUT2D eigenvalue weighted by molar-refractivity contribution is -0.385. The molecule has 2 aromatic rings. The van der Waals surface area contributed by atoms with Crippen molar-refractivity contribution in [2.45, 2.75) is 13.3 Å². The summed E-state index contributed by atoms with van der Waals surface area (Å²) in [4.78, 5) is 44.3. The number of rotatable bonds is 7. The molecule has 0 fully saturated rings. The number of para-hydroxylation sites is 1. The van der Waals surface area contributed by atoms with Gasteiger partial charge in [-0.2, -0.15) is 5.10 Å². The Balaban J connectivity index is 1.95. The van der Waals surface area contributed by atoms with Crippen LogP contribution in [-0.4, -0.2) is 27.4 Å². The number of nitro groups is 2. The van der Waals surface area contributed by atoms with E-state index in [2.05, 4.69) is 15.8 Å². The van der Waals surface area contributed by atoms with Crippen LogP contribution in [0.2, 0.25) is 0 Å². The van der Waals surface area contributed by atoms with Crippen molar-refractivity contribution in [2.75, 3.05) is 5.32 Å². The maximum absolute atomic E-state index is 12.1. The van der Waals surface area contributed by atoms with Crippen LogP contribution in [0, 0.1) is 20.2 Å². The lowest BCUT2D eigenvalue weighted by atomic mass is 10.2. The van der Waals surface area contributed by atoms with Crippen molar-refractivity contribution >= 4 is 34.6 Å². The van der Waals surface area contributed by atoms with Gasteiger partial charge in [0.1, 0.15) is 5.56 Å². The van der Waals surface area contributed by atoms with Gasteiger partial charge in [-0.05, 0) is 25.1 Å². The summed E-state index contributed by atoms with van der Waals surface area (Å²) in [5, 5.41) is 27.8. The Bertz CT molecular complexity index is 955. The third-order valence-electron chi connectivity index (χ3n) is 3.47. The van der Waals surface area contributed by atoms with Crippen LogP contribution >= 0.6 is 0 Å². The summed E-state index contributed by atoms with van der Waals surface area (Å²) in [7, 11) is 0. The van der Waals surface area contributed by atoms with E-state index in [1.807, 2.05) is 0 Å². The number of carbonyl (C=O) groups is 2. The van der Waals surface area contributed by atoms with Crippen LogP contribution in [-0.2, 0) is 4.79 Å². The summed E-state index contributed by atoms with van der Waals surface area (Å²) < 4.78 is 0. The zero-order chi connectivity index (χ0) is 20.7. The van der Waals surface area contributed by atoms with Gasteiger partial charge in [-0.1, -0.05) is 12.1 Å². The highest BCUT2D eigenvalue weighted by Gasteiger charge is 2.18. The first-order chi connectivity index (χ1) is 13.3. The number of hydrazone groups is 1. The molecule has 0 aliphatic carbocycles. The fraction of sp³-hybridized carbons (Fsp3) is 0.118. The molecule has 11 heteroatoms. The molecule has 2 N–H and O–H groups in total. The molecule has 0 spiro atoms. The van der Waals surface area contributed by atoms with E-state index in [4.69, 9.17) is 0 Å². The third kappa shape index (κ3) is 5.42. The van der Waals surface area contributed by atoms with Crippen molar-refractivity contribution in [2.24, 2.45) is 5.10 Å². The second-order valence-electron chi connectivity index (χ2n) is 5.59. The van der Waals surface area contributed by atoms with Crippen molar-refractivity contribution < 1.29 is 19.4 Å². The van der Waals surface area contributed by atoms with Gasteiger partial charge in [-0.3, -0.25) is 29.8 Å². The molecule has 0 saturated heterocycles. The number of anilines is 1. The summed E-state index contributed by atoms with van der Waals surface area (Å²) >= 11 is 0. The zero-order valence-electron chi connectivity index (χ0n) is 14.6. The maximum atomic E-state index is 12.1. The van der Waals surface area contributed by atoms with Crippen molar-refractivity contribution in [1.29, 1.82) is 0 Å². The third-order valence-corrected chi connectivity index (χ3v) is 3.47. The predicted molar refractivity (Wildman–Crippen MR) is 100 cm³/mol. The molecule has 28 heavy (non-hydrogen) atoms. The highest BCUT2D eigenvalue weighted by atomic mass is 16.6. The van der Waals surface area contributed by atoms with Crippen LogP contribution in [0.25, 0.3) is 0 Å². The number of benzene rings is 2. The largest absolute Gasteiger partial charge is 0.326 e. The Hall–Kier alpha value is -4.15. The topological polar surface area (TPSA) is 157 Å². The number of nitro benzene ring substituents is 2. The van der Waals surface area contributed by atoms with Crippen LogP contribution in [0.15, 0.2) is 53.6 Å². The number of hydrogen-bond donors (Lipinski definition) is 2. The van der Waals surface area contributed by atoms with Gasteiger partial charge in [0, 0.05) is 29.6 Å². The normalized spacial score (nSPS) is 10.8. The SMILES string of the molecule is C/C(CC(=O)Nc1ccc([N+](=O)[O-])cc1)=N/NC(=O)c1ccccc1[N+](=O)[O-]. The van der Waals surface area contributed by atoms with Gasteiger partial charge in [0.2, 0.25) is 5.91 Å². The van der Waals surface area contributed by atoms with Gasteiger partial charge in [0.15, 0.2) is 0 Å². The van der Waals surface area contributed by atoms with E-state index in [1.54, 1.807) is 0 Å². The number of carbonyl (C=O) groups excluding carboxylic acids is 2. The highest BCUT2D eigenvalue weighted by Crippen LogP contribution is 2.17. The second kappa shape index (κ2) is 8.98. The Morgan fingerprint density at radius 1 is 1.00 bits per heavy atom. The summed E-state index contributed by atoms with van der Waals surface area (Å²) in [6, 6.07) is 10.7. The first kappa shape index (κ1) is 20.2. The molecule has 144 valence electrons. The highest BCUT2D eigenvalue weighted by molar-refractivity contribution is 6.06. The van der Waals surface area contributed by atoms with E-state index < -0.39 is 21.7 Å². The Labute approximate surface area is 158 Å². The van der Waals surface area contributed by atoms with Crippen LogP contribution < -0.4 is 10.7 Å². The molecule has 0 saturated carbocycles. The van der Waals surface area contributed by atoms with Crippen molar-refractivity contribution in [3.8, 4) is 0 Å². The summed E-state index contributed by atoms with van der Waals surface area (Å²) in [5.41, 5.74) is 2.18. The lowest BCUT2D eigenvalue weighted by Gasteiger charge is -2.06. The molecule has 0 aromatic heterocycles. The number of amides is 2. The van der Waals surface area contributed by atoms with Gasteiger partial charge >= 0.3 is 0 Å². The first-order valence-corrected chi connectivity index (χ1v) is 7.89. The summed E-state index contributed by atoms with van der Waals surface area (Å²) in [6.45, 7) is 1.50. The summed E-state index contributed by atoms with van der Waals surface area (Å²) in [5.74, 6) is -1.22. The van der Waals surface area contributed by atoms with E-state index in [-0.39, 0.29) is 29.1 Å². The van der Waals surface area contributed by atoms with Crippen LogP contribution in [0.3, 0.4) is 0 Å². The monoisotopic (exact) mass is 385 g/mol. The van der Waals surface area contributed by atoms with E-state index in [9.17, 15) is 29.8 Å². The Morgan fingerprint density at radius 2 is 1.64 bits per heavy atom. The van der Waals surface area contributed by atoms with Gasteiger partial charge in [-0.15, -0.1) is 0 Å². The Morgan fingerprint density at radius 3 is 2.25 bits per heavy atom. The molecular formula is C17H15N5O6. The molecule has 0 atom stereocenters. The van der Waals surface area contributed by atoms with Gasteiger partial charge in [0.05, 0.1) is 16.3 Å². The molecule has 11 nitrogen and oxygen atoms in total. The maximum Gasteiger partial charge on any atom is 0.282 e. The standard InChI is InChI=1S/C17H15N5O6/c1-11(10-16(23)18-12-6-8-13(9-7-12)21(25)26)19-20-17(24)14-4-2-3-5-15(14)22(27)28/h2-9H,10H2,1H3,(H,18,23)(H,20,24)/b19-11-. The summed E-state index contributed by atoms with van der Waals surface area (Å²) in [6.07, 6.45) is -0.159. The number of nitrogens with one attached hydrogen (secondary N) is 2. The predicted octanol–water partition coefficient (Wildman–Crippen LogP) is 2.64. The Kier molecular flexibility index (Phi) is 6.47. The quantitative estimate of drug-likeness (QED) is 0.424. The van der Waals surface area contributed by atoms with Gasteiger partial charge in [0.25, 0.3) is 17.3 Å². The van der Waals surface area contributed by atoms with Crippen LogP contribution in [0.4, 0.5) is 17.1 Å². The zero-order valence-corrected chi connectivity index (χ0v) is 14.6. The molecule has 0 aliphatic rings. The minimum atomic E-state index is -0.776. The fourth-order valence-corrected chi connectivity index (χ4v) is 2.17. The smallest absolute Gasteiger partial charge is 0.282 e. The molecule has 0 radical (unpaired) electrons. The fourth-order valence-electron chi connectivity index (χ4n) is 2.17. The van der Waals surface area contributed by atoms with Crippen LogP contribution in [0.1, 0.15) is 23.7 Å². The van der Waals surface area contributed by atoms with E-state index in [1.165, 1.54) is 55.5 Å². The van der Waals surface area contributed by atoms with E-state index in [0.717, 1.165) is 0 Å². The van der Waals surface area contributed by atoms with Crippen molar-refractivity contribution in [1.82, 2.24) is 5.43 Å².